The van der Waals surface area contributed by atoms with Crippen molar-refractivity contribution in [1.82, 2.24) is 0 Å². The molecule has 0 amide bonds. The van der Waals surface area contributed by atoms with E-state index in [1.165, 1.54) is 0 Å². The molecule has 56 valence electrons. The standard InChI is InChI=1S/C5H9N3O2/c1-4(2)5(7-8-6)10-3-9/h3-5H,1-2H3/t5-/m1/s1. The molecule has 5 nitrogen and oxygen atoms in total. The van der Waals surface area contributed by atoms with Gasteiger partial charge in [0.15, 0.2) is 6.23 Å². The van der Waals surface area contributed by atoms with Crippen LogP contribution in [-0.2, 0) is 9.53 Å². The van der Waals surface area contributed by atoms with E-state index in [9.17, 15) is 4.79 Å². The molecule has 0 aromatic heterocycles. The number of ether oxygens (including phenoxy) is 1. The fraction of sp³-hybridized carbons (Fsp3) is 0.800. The molecule has 0 aliphatic carbocycles. The summed E-state index contributed by atoms with van der Waals surface area (Å²) in [6.45, 7) is 3.87. The maximum Gasteiger partial charge on any atom is 0.293 e. The molecule has 0 bridgehead atoms. The maximum atomic E-state index is 9.79. The highest BCUT2D eigenvalue weighted by Crippen LogP contribution is 2.06. The zero-order valence-electron chi connectivity index (χ0n) is 5.89. The Morgan fingerprint density at radius 2 is 2.30 bits per heavy atom. The van der Waals surface area contributed by atoms with Gasteiger partial charge in [-0.3, -0.25) is 4.79 Å². The van der Waals surface area contributed by atoms with E-state index in [0.717, 1.165) is 0 Å². The molecule has 0 unspecified atom stereocenters. The Morgan fingerprint density at radius 1 is 1.70 bits per heavy atom. The van der Waals surface area contributed by atoms with Gasteiger partial charge in [0.05, 0.1) is 0 Å². The van der Waals surface area contributed by atoms with Gasteiger partial charge >= 0.3 is 0 Å². The van der Waals surface area contributed by atoms with Crippen molar-refractivity contribution in [1.29, 1.82) is 0 Å². The van der Waals surface area contributed by atoms with Gasteiger partial charge in [0, 0.05) is 4.91 Å². The van der Waals surface area contributed by atoms with Gasteiger partial charge in [-0.2, -0.15) is 0 Å². The summed E-state index contributed by atoms with van der Waals surface area (Å²) in [5.41, 5.74) is 7.97. The fourth-order valence-electron chi connectivity index (χ4n) is 0.426. The Labute approximate surface area is 58.6 Å². The average Bonchev–Trinajstić information content (AvgIpc) is 1.87. The molecule has 0 aromatic carbocycles. The van der Waals surface area contributed by atoms with E-state index < -0.39 is 6.23 Å². The van der Waals surface area contributed by atoms with Crippen molar-refractivity contribution >= 4 is 6.47 Å². The summed E-state index contributed by atoms with van der Waals surface area (Å²) in [6.07, 6.45) is -0.678. The van der Waals surface area contributed by atoms with Gasteiger partial charge < -0.3 is 4.74 Å². The number of hydrogen-bond donors (Lipinski definition) is 0. The van der Waals surface area contributed by atoms with Gasteiger partial charge in [-0.05, 0) is 16.6 Å². The number of rotatable bonds is 4. The molecule has 0 aromatic rings. The van der Waals surface area contributed by atoms with Crippen molar-refractivity contribution in [2.24, 2.45) is 11.0 Å². The largest absolute Gasteiger partial charge is 0.458 e. The summed E-state index contributed by atoms with van der Waals surface area (Å²) in [6, 6.07) is 0. The van der Waals surface area contributed by atoms with Crippen molar-refractivity contribution in [3.8, 4) is 0 Å². The zero-order valence-corrected chi connectivity index (χ0v) is 5.89. The average molecular weight is 143 g/mol. The summed E-state index contributed by atoms with van der Waals surface area (Å²) < 4.78 is 4.44. The second-order valence-electron chi connectivity index (χ2n) is 2.07. The Hall–Kier alpha value is -1.22. The Bertz CT molecular complexity index is 151. The summed E-state index contributed by atoms with van der Waals surface area (Å²) in [7, 11) is 0. The van der Waals surface area contributed by atoms with Crippen molar-refractivity contribution in [3.63, 3.8) is 0 Å². The highest BCUT2D eigenvalue weighted by molar-refractivity contribution is 5.37. The van der Waals surface area contributed by atoms with Crippen molar-refractivity contribution < 1.29 is 9.53 Å². The lowest BCUT2D eigenvalue weighted by atomic mass is 10.2. The fourth-order valence-corrected chi connectivity index (χ4v) is 0.426. The molecule has 0 aliphatic rings. The zero-order chi connectivity index (χ0) is 7.98. The summed E-state index contributed by atoms with van der Waals surface area (Å²) >= 11 is 0. The molecule has 0 aliphatic heterocycles. The molecule has 0 rings (SSSR count). The quantitative estimate of drug-likeness (QED) is 0.258. The third-order valence-electron chi connectivity index (χ3n) is 0.931. The second kappa shape index (κ2) is 4.64. The maximum absolute atomic E-state index is 9.79. The van der Waals surface area contributed by atoms with Gasteiger partial charge in [0.1, 0.15) is 0 Å². The van der Waals surface area contributed by atoms with Crippen LogP contribution in [0.25, 0.3) is 10.4 Å². The Balaban J connectivity index is 3.96. The lowest BCUT2D eigenvalue weighted by Crippen LogP contribution is -2.15. The van der Waals surface area contributed by atoms with Crippen LogP contribution in [0.2, 0.25) is 0 Å². The molecule has 10 heavy (non-hydrogen) atoms. The first-order valence-electron chi connectivity index (χ1n) is 2.85. The van der Waals surface area contributed by atoms with Crippen molar-refractivity contribution in [3.05, 3.63) is 10.4 Å². The molecular weight excluding hydrogens is 134 g/mol. The van der Waals surface area contributed by atoms with Crippen LogP contribution in [0.3, 0.4) is 0 Å². The molecule has 0 saturated carbocycles. The molecule has 0 N–H and O–H groups in total. The molecule has 0 heterocycles. The van der Waals surface area contributed by atoms with Crippen LogP contribution in [0.1, 0.15) is 13.8 Å². The molecule has 0 saturated heterocycles. The minimum atomic E-state index is -0.678. The van der Waals surface area contributed by atoms with Gasteiger partial charge in [0.25, 0.3) is 6.47 Å². The van der Waals surface area contributed by atoms with E-state index in [-0.39, 0.29) is 12.4 Å². The molecule has 0 radical (unpaired) electrons. The van der Waals surface area contributed by atoms with Crippen LogP contribution >= 0.6 is 0 Å². The molecule has 5 heteroatoms. The van der Waals surface area contributed by atoms with Gasteiger partial charge in [-0.1, -0.05) is 13.8 Å². The second-order valence-corrected chi connectivity index (χ2v) is 2.07. The highest BCUT2D eigenvalue weighted by Gasteiger charge is 2.10. The number of carbonyl (C=O) groups is 1. The van der Waals surface area contributed by atoms with Gasteiger partial charge in [0.2, 0.25) is 0 Å². The lowest BCUT2D eigenvalue weighted by Gasteiger charge is -2.11. The minimum absolute atomic E-state index is 0.0149. The topological polar surface area (TPSA) is 75.1 Å². The van der Waals surface area contributed by atoms with Crippen molar-refractivity contribution in [2.45, 2.75) is 20.1 Å². The number of azide groups is 1. The van der Waals surface area contributed by atoms with Crippen LogP contribution in [0.5, 0.6) is 0 Å². The molecular formula is C5H9N3O2. The smallest absolute Gasteiger partial charge is 0.293 e. The first-order valence-corrected chi connectivity index (χ1v) is 2.85. The van der Waals surface area contributed by atoms with Crippen LogP contribution in [0, 0.1) is 5.92 Å². The van der Waals surface area contributed by atoms with E-state index in [1.807, 2.05) is 0 Å². The Kier molecular flexibility index (Phi) is 4.07. The summed E-state index contributed by atoms with van der Waals surface area (Å²) in [5, 5.41) is 3.24. The molecule has 1 atom stereocenters. The Morgan fingerprint density at radius 3 is 2.60 bits per heavy atom. The predicted octanol–water partition coefficient (Wildman–Crippen LogP) is 1.45. The lowest BCUT2D eigenvalue weighted by molar-refractivity contribution is -0.135. The predicted molar refractivity (Wildman–Crippen MR) is 34.9 cm³/mol. The first kappa shape index (κ1) is 8.78. The van der Waals surface area contributed by atoms with E-state index >= 15 is 0 Å². The van der Waals surface area contributed by atoms with Gasteiger partial charge in [-0.15, -0.1) is 0 Å². The normalized spacial score (nSPS) is 11.9. The highest BCUT2D eigenvalue weighted by atomic mass is 16.5. The summed E-state index contributed by atoms with van der Waals surface area (Å²) in [5.74, 6) is 0.0149. The van der Waals surface area contributed by atoms with E-state index in [0.29, 0.717) is 0 Å². The van der Waals surface area contributed by atoms with E-state index in [4.69, 9.17) is 5.53 Å². The van der Waals surface area contributed by atoms with Crippen LogP contribution in [0.4, 0.5) is 0 Å². The SMILES string of the molecule is CC(C)[C@H](N=[N+]=[N-])OC=O. The number of hydrogen-bond acceptors (Lipinski definition) is 3. The van der Waals surface area contributed by atoms with Gasteiger partial charge in [-0.25, -0.2) is 0 Å². The van der Waals surface area contributed by atoms with E-state index in [1.54, 1.807) is 13.8 Å². The molecule has 0 spiro atoms. The van der Waals surface area contributed by atoms with Crippen LogP contribution in [0.15, 0.2) is 5.11 Å². The minimum Gasteiger partial charge on any atom is -0.458 e. The number of carbonyl (C=O) groups excluding carboxylic acids is 1. The monoisotopic (exact) mass is 143 g/mol. The van der Waals surface area contributed by atoms with E-state index in [2.05, 4.69) is 14.8 Å². The summed E-state index contributed by atoms with van der Waals surface area (Å²) in [4.78, 5) is 12.3. The third-order valence-corrected chi connectivity index (χ3v) is 0.931. The number of nitrogens with zero attached hydrogens (tertiary/aromatic N) is 3. The van der Waals surface area contributed by atoms with Crippen LogP contribution < -0.4 is 0 Å². The van der Waals surface area contributed by atoms with Crippen LogP contribution in [-0.4, -0.2) is 12.7 Å². The van der Waals surface area contributed by atoms with Crippen molar-refractivity contribution in [2.75, 3.05) is 0 Å². The first-order chi connectivity index (χ1) is 4.72. The molecule has 0 fully saturated rings. The third kappa shape index (κ3) is 2.94.